The van der Waals surface area contributed by atoms with Gasteiger partial charge in [0.05, 0.1) is 18.7 Å². The smallest absolute Gasteiger partial charge is 0.137 e. The standard InChI is InChI=1S/C12H18ClNO3/c1-17-12-3-2-9(6-11(12)13)7-14-10(8-16)4-5-15/h2-3,6,10,14-16H,4-5,7-8H2,1H3. The molecule has 17 heavy (non-hydrogen) atoms. The first-order valence-electron chi connectivity index (χ1n) is 5.48. The third-order valence-corrected chi connectivity index (χ3v) is 2.80. The Morgan fingerprint density at radius 1 is 1.41 bits per heavy atom. The molecule has 1 atom stereocenters. The number of aliphatic hydroxyl groups is 2. The van der Waals surface area contributed by atoms with Crippen LogP contribution in [0.2, 0.25) is 5.02 Å². The Hall–Kier alpha value is -0.810. The van der Waals surface area contributed by atoms with Gasteiger partial charge in [-0.15, -0.1) is 0 Å². The summed E-state index contributed by atoms with van der Waals surface area (Å²) >= 11 is 6.00. The van der Waals surface area contributed by atoms with Crippen LogP contribution < -0.4 is 10.1 Å². The molecule has 0 radical (unpaired) electrons. The van der Waals surface area contributed by atoms with Gasteiger partial charge in [-0.3, -0.25) is 0 Å². The van der Waals surface area contributed by atoms with Crippen LogP contribution >= 0.6 is 11.6 Å². The van der Waals surface area contributed by atoms with Crippen LogP contribution in [0.4, 0.5) is 0 Å². The molecule has 4 nitrogen and oxygen atoms in total. The van der Waals surface area contributed by atoms with Gasteiger partial charge in [-0.05, 0) is 24.1 Å². The molecule has 0 bridgehead atoms. The van der Waals surface area contributed by atoms with E-state index in [1.165, 1.54) is 0 Å². The maximum atomic E-state index is 9.05. The number of halogens is 1. The van der Waals surface area contributed by atoms with Crippen LogP contribution in [0.1, 0.15) is 12.0 Å². The molecule has 1 aromatic rings. The van der Waals surface area contributed by atoms with Gasteiger partial charge in [0, 0.05) is 19.2 Å². The second-order valence-electron chi connectivity index (χ2n) is 3.74. The zero-order chi connectivity index (χ0) is 12.7. The first kappa shape index (κ1) is 14.3. The fourth-order valence-corrected chi connectivity index (χ4v) is 1.78. The van der Waals surface area contributed by atoms with Gasteiger partial charge in [0.2, 0.25) is 0 Å². The fourth-order valence-electron chi connectivity index (χ4n) is 1.50. The average Bonchev–Trinajstić information content (AvgIpc) is 2.34. The first-order valence-corrected chi connectivity index (χ1v) is 5.86. The van der Waals surface area contributed by atoms with E-state index in [1.54, 1.807) is 13.2 Å². The van der Waals surface area contributed by atoms with Gasteiger partial charge in [-0.25, -0.2) is 0 Å². The molecule has 3 N–H and O–H groups in total. The van der Waals surface area contributed by atoms with E-state index in [2.05, 4.69) is 5.32 Å². The molecule has 0 spiro atoms. The highest BCUT2D eigenvalue weighted by Crippen LogP contribution is 2.24. The number of ether oxygens (including phenoxy) is 1. The van der Waals surface area contributed by atoms with E-state index in [1.807, 2.05) is 12.1 Å². The molecule has 1 aromatic carbocycles. The number of aliphatic hydroxyl groups excluding tert-OH is 2. The highest BCUT2D eigenvalue weighted by molar-refractivity contribution is 6.32. The Bertz CT molecular complexity index is 347. The van der Waals surface area contributed by atoms with Crippen LogP contribution in [0.3, 0.4) is 0 Å². The van der Waals surface area contributed by atoms with Gasteiger partial charge >= 0.3 is 0 Å². The lowest BCUT2D eigenvalue weighted by atomic mass is 10.2. The lowest BCUT2D eigenvalue weighted by Gasteiger charge is -2.15. The van der Waals surface area contributed by atoms with Crippen LogP contribution in [-0.2, 0) is 6.54 Å². The zero-order valence-corrected chi connectivity index (χ0v) is 10.6. The van der Waals surface area contributed by atoms with E-state index in [9.17, 15) is 0 Å². The van der Waals surface area contributed by atoms with Crippen LogP contribution in [0.5, 0.6) is 5.75 Å². The van der Waals surface area contributed by atoms with Gasteiger partial charge in [0.25, 0.3) is 0 Å². The summed E-state index contributed by atoms with van der Waals surface area (Å²) in [6.07, 6.45) is 0.528. The van der Waals surface area contributed by atoms with Crippen molar-refractivity contribution in [3.63, 3.8) is 0 Å². The summed E-state index contributed by atoms with van der Waals surface area (Å²) in [5, 5.41) is 21.5. The van der Waals surface area contributed by atoms with Crippen molar-refractivity contribution >= 4 is 11.6 Å². The fraction of sp³-hybridized carbons (Fsp3) is 0.500. The largest absolute Gasteiger partial charge is 0.495 e. The van der Waals surface area contributed by atoms with Crippen molar-refractivity contribution in [1.29, 1.82) is 0 Å². The van der Waals surface area contributed by atoms with E-state index < -0.39 is 0 Å². The highest BCUT2D eigenvalue weighted by Gasteiger charge is 2.07. The average molecular weight is 260 g/mol. The molecule has 0 saturated carbocycles. The minimum Gasteiger partial charge on any atom is -0.495 e. The van der Waals surface area contributed by atoms with E-state index in [0.29, 0.717) is 23.7 Å². The van der Waals surface area contributed by atoms with Crippen molar-refractivity contribution in [2.45, 2.75) is 19.0 Å². The molecule has 5 heteroatoms. The number of methoxy groups -OCH3 is 1. The van der Waals surface area contributed by atoms with Crippen molar-refractivity contribution in [2.24, 2.45) is 0 Å². The maximum Gasteiger partial charge on any atom is 0.137 e. The summed E-state index contributed by atoms with van der Waals surface area (Å²) in [5.41, 5.74) is 1.01. The normalized spacial score (nSPS) is 12.5. The van der Waals surface area contributed by atoms with Crippen LogP contribution in [0, 0.1) is 0 Å². The van der Waals surface area contributed by atoms with Crippen molar-refractivity contribution < 1.29 is 14.9 Å². The molecule has 0 saturated heterocycles. The Balaban J connectivity index is 2.54. The number of hydrogen-bond acceptors (Lipinski definition) is 4. The molecular formula is C12H18ClNO3. The Kier molecular flexibility index (Phi) is 6.29. The lowest BCUT2D eigenvalue weighted by molar-refractivity contribution is 0.200. The van der Waals surface area contributed by atoms with Crippen LogP contribution in [0.25, 0.3) is 0 Å². The maximum absolute atomic E-state index is 9.05. The quantitative estimate of drug-likeness (QED) is 0.688. The van der Waals surface area contributed by atoms with E-state index in [0.717, 1.165) is 5.56 Å². The summed E-state index contributed by atoms with van der Waals surface area (Å²) in [6, 6.07) is 5.44. The van der Waals surface area contributed by atoms with Gasteiger partial charge in [0.15, 0.2) is 0 Å². The molecule has 96 valence electrons. The van der Waals surface area contributed by atoms with Gasteiger partial charge in [-0.1, -0.05) is 17.7 Å². The van der Waals surface area contributed by atoms with Crippen molar-refractivity contribution in [2.75, 3.05) is 20.3 Å². The summed E-state index contributed by atoms with van der Waals surface area (Å²) in [4.78, 5) is 0. The number of hydrogen-bond donors (Lipinski definition) is 3. The first-order chi connectivity index (χ1) is 8.21. The topological polar surface area (TPSA) is 61.7 Å². The summed E-state index contributed by atoms with van der Waals surface area (Å²) < 4.78 is 5.06. The second kappa shape index (κ2) is 7.50. The van der Waals surface area contributed by atoms with Gasteiger partial charge in [-0.2, -0.15) is 0 Å². The summed E-state index contributed by atoms with van der Waals surface area (Å²) in [7, 11) is 1.57. The number of rotatable bonds is 7. The van der Waals surface area contributed by atoms with E-state index in [4.69, 9.17) is 26.6 Å². The van der Waals surface area contributed by atoms with E-state index >= 15 is 0 Å². The molecular weight excluding hydrogens is 242 g/mol. The Labute approximate surface area is 106 Å². The van der Waals surface area contributed by atoms with Gasteiger partial charge < -0.3 is 20.3 Å². The predicted molar refractivity (Wildman–Crippen MR) is 67.4 cm³/mol. The predicted octanol–water partition coefficient (Wildman–Crippen LogP) is 1.18. The molecule has 1 rings (SSSR count). The summed E-state index contributed by atoms with van der Waals surface area (Å²) in [6.45, 7) is 0.654. The molecule has 0 aromatic heterocycles. The van der Waals surface area contributed by atoms with Crippen molar-refractivity contribution in [1.82, 2.24) is 5.32 Å². The van der Waals surface area contributed by atoms with Crippen molar-refractivity contribution in [3.8, 4) is 5.75 Å². The lowest BCUT2D eigenvalue weighted by Crippen LogP contribution is -2.32. The summed E-state index contributed by atoms with van der Waals surface area (Å²) in [5.74, 6) is 0.643. The molecule has 0 heterocycles. The molecule has 0 aliphatic rings. The minimum atomic E-state index is -0.0964. The Morgan fingerprint density at radius 2 is 2.18 bits per heavy atom. The molecule has 0 aliphatic carbocycles. The highest BCUT2D eigenvalue weighted by atomic mass is 35.5. The Morgan fingerprint density at radius 3 is 2.71 bits per heavy atom. The van der Waals surface area contributed by atoms with Crippen molar-refractivity contribution in [3.05, 3.63) is 28.8 Å². The van der Waals surface area contributed by atoms with Crippen LogP contribution in [0.15, 0.2) is 18.2 Å². The molecule has 0 fully saturated rings. The SMILES string of the molecule is COc1ccc(CNC(CO)CCO)cc1Cl. The van der Waals surface area contributed by atoms with Gasteiger partial charge in [0.1, 0.15) is 5.75 Å². The molecule has 0 amide bonds. The van der Waals surface area contributed by atoms with E-state index in [-0.39, 0.29) is 19.3 Å². The molecule has 1 unspecified atom stereocenters. The number of nitrogens with one attached hydrogen (secondary N) is 1. The zero-order valence-electron chi connectivity index (χ0n) is 9.82. The third-order valence-electron chi connectivity index (χ3n) is 2.51. The third kappa shape index (κ3) is 4.52. The number of benzene rings is 1. The minimum absolute atomic E-state index is 0.00441. The molecule has 0 aliphatic heterocycles. The monoisotopic (exact) mass is 259 g/mol. The second-order valence-corrected chi connectivity index (χ2v) is 4.15. The van der Waals surface area contributed by atoms with Crippen LogP contribution in [-0.4, -0.2) is 36.6 Å².